The van der Waals surface area contributed by atoms with Crippen molar-refractivity contribution in [2.45, 2.75) is 32.2 Å². The standard InChI is InChI=1S/C20H31N3O4/c1-21(2)19(25)17-6-5-16(27-17)14-22-10-7-20(8-11-22)13-18(24)23(15-20)9-4-12-26-3/h5-6H,4,7-15H2,1-3H3. The highest BCUT2D eigenvalue weighted by Crippen LogP contribution is 2.41. The SMILES string of the molecule is COCCCN1CC2(CCN(Cc3ccc(C(=O)N(C)C)o3)CC2)CC1=O. The summed E-state index contributed by atoms with van der Waals surface area (Å²) in [5.74, 6) is 1.38. The van der Waals surface area contributed by atoms with Gasteiger partial charge in [0.25, 0.3) is 5.91 Å². The van der Waals surface area contributed by atoms with Gasteiger partial charge in [-0.05, 0) is 49.9 Å². The molecule has 7 heteroatoms. The summed E-state index contributed by atoms with van der Waals surface area (Å²) >= 11 is 0. The topological polar surface area (TPSA) is 66.2 Å². The van der Waals surface area contributed by atoms with Gasteiger partial charge in [-0.1, -0.05) is 0 Å². The fourth-order valence-corrected chi connectivity index (χ4v) is 4.12. The van der Waals surface area contributed by atoms with Gasteiger partial charge in [-0.2, -0.15) is 0 Å². The number of amides is 2. The van der Waals surface area contributed by atoms with E-state index in [1.54, 1.807) is 27.3 Å². The van der Waals surface area contributed by atoms with E-state index >= 15 is 0 Å². The molecule has 1 aromatic heterocycles. The summed E-state index contributed by atoms with van der Waals surface area (Å²) in [4.78, 5) is 30.2. The zero-order valence-electron chi connectivity index (χ0n) is 16.7. The van der Waals surface area contributed by atoms with Crippen LogP contribution in [0.2, 0.25) is 0 Å². The van der Waals surface area contributed by atoms with Crippen LogP contribution in [-0.4, -0.2) is 80.5 Å². The quantitative estimate of drug-likeness (QED) is 0.679. The highest BCUT2D eigenvalue weighted by molar-refractivity contribution is 5.91. The van der Waals surface area contributed by atoms with Crippen molar-refractivity contribution in [2.24, 2.45) is 5.41 Å². The van der Waals surface area contributed by atoms with Crippen LogP contribution in [0, 0.1) is 5.41 Å². The minimum Gasteiger partial charge on any atom is -0.455 e. The summed E-state index contributed by atoms with van der Waals surface area (Å²) in [7, 11) is 5.13. The van der Waals surface area contributed by atoms with Crippen molar-refractivity contribution in [3.63, 3.8) is 0 Å². The molecule has 2 aliphatic rings. The molecule has 0 atom stereocenters. The lowest BCUT2D eigenvalue weighted by molar-refractivity contribution is -0.128. The summed E-state index contributed by atoms with van der Waals surface area (Å²) in [5, 5.41) is 0. The van der Waals surface area contributed by atoms with Gasteiger partial charge in [-0.3, -0.25) is 14.5 Å². The summed E-state index contributed by atoms with van der Waals surface area (Å²) in [5.41, 5.74) is 0.135. The Kier molecular flexibility index (Phi) is 6.22. The van der Waals surface area contributed by atoms with E-state index in [0.29, 0.717) is 25.3 Å². The van der Waals surface area contributed by atoms with Crippen LogP contribution >= 0.6 is 0 Å². The first kappa shape index (κ1) is 19.9. The van der Waals surface area contributed by atoms with Gasteiger partial charge in [-0.15, -0.1) is 0 Å². The van der Waals surface area contributed by atoms with E-state index in [9.17, 15) is 9.59 Å². The third-order valence-electron chi connectivity index (χ3n) is 5.76. The number of ether oxygens (including phenoxy) is 1. The average molecular weight is 377 g/mol. The smallest absolute Gasteiger partial charge is 0.289 e. The third kappa shape index (κ3) is 4.71. The maximum absolute atomic E-state index is 12.4. The van der Waals surface area contributed by atoms with Gasteiger partial charge < -0.3 is 19.0 Å². The number of carbonyl (C=O) groups is 2. The van der Waals surface area contributed by atoms with Crippen molar-refractivity contribution in [3.8, 4) is 0 Å². The van der Waals surface area contributed by atoms with Crippen LogP contribution in [0.25, 0.3) is 0 Å². The molecule has 27 heavy (non-hydrogen) atoms. The number of likely N-dealkylation sites (tertiary alicyclic amines) is 2. The van der Waals surface area contributed by atoms with Crippen molar-refractivity contribution in [1.29, 1.82) is 0 Å². The second kappa shape index (κ2) is 8.44. The van der Waals surface area contributed by atoms with Gasteiger partial charge in [0.2, 0.25) is 5.91 Å². The minimum absolute atomic E-state index is 0.114. The Morgan fingerprint density at radius 1 is 1.30 bits per heavy atom. The predicted octanol–water partition coefficient (Wildman–Crippen LogP) is 1.83. The molecule has 0 aromatic carbocycles. The van der Waals surface area contributed by atoms with E-state index in [4.69, 9.17) is 9.15 Å². The molecule has 2 aliphatic heterocycles. The highest BCUT2D eigenvalue weighted by atomic mass is 16.5. The molecule has 7 nitrogen and oxygen atoms in total. The Morgan fingerprint density at radius 3 is 2.70 bits per heavy atom. The Morgan fingerprint density at radius 2 is 2.04 bits per heavy atom. The maximum Gasteiger partial charge on any atom is 0.289 e. The van der Waals surface area contributed by atoms with Gasteiger partial charge in [0.1, 0.15) is 5.76 Å². The number of piperidine rings is 1. The van der Waals surface area contributed by atoms with Crippen LogP contribution in [0.1, 0.15) is 42.0 Å². The average Bonchev–Trinajstić information content (AvgIpc) is 3.22. The van der Waals surface area contributed by atoms with Gasteiger partial charge in [-0.25, -0.2) is 0 Å². The van der Waals surface area contributed by atoms with Crippen molar-refractivity contribution < 1.29 is 18.7 Å². The van der Waals surface area contributed by atoms with E-state index in [2.05, 4.69) is 4.90 Å². The Hall–Kier alpha value is -1.86. The third-order valence-corrected chi connectivity index (χ3v) is 5.76. The fourth-order valence-electron chi connectivity index (χ4n) is 4.12. The normalized spacial score (nSPS) is 19.8. The summed E-state index contributed by atoms with van der Waals surface area (Å²) in [6.07, 6.45) is 3.64. The van der Waals surface area contributed by atoms with Gasteiger partial charge in [0, 0.05) is 47.3 Å². The van der Waals surface area contributed by atoms with Gasteiger partial charge in [0.05, 0.1) is 6.54 Å². The molecule has 0 N–H and O–H groups in total. The van der Waals surface area contributed by atoms with Gasteiger partial charge in [0.15, 0.2) is 5.76 Å². The molecule has 2 saturated heterocycles. The Labute approximate surface area is 161 Å². The van der Waals surface area contributed by atoms with E-state index in [-0.39, 0.29) is 17.2 Å². The molecule has 150 valence electrons. The van der Waals surface area contributed by atoms with Crippen LogP contribution in [0.15, 0.2) is 16.5 Å². The van der Waals surface area contributed by atoms with Crippen molar-refractivity contribution in [3.05, 3.63) is 23.7 Å². The van der Waals surface area contributed by atoms with Gasteiger partial charge >= 0.3 is 0 Å². The summed E-state index contributed by atoms with van der Waals surface area (Å²) in [6, 6.07) is 3.63. The molecule has 0 aliphatic carbocycles. The number of furan rings is 1. The predicted molar refractivity (Wildman–Crippen MR) is 101 cm³/mol. The van der Waals surface area contributed by atoms with Crippen LogP contribution in [0.3, 0.4) is 0 Å². The van der Waals surface area contributed by atoms with E-state index in [1.807, 2.05) is 11.0 Å². The Bertz CT molecular complexity index is 662. The van der Waals surface area contributed by atoms with Crippen molar-refractivity contribution in [1.82, 2.24) is 14.7 Å². The fraction of sp³-hybridized carbons (Fsp3) is 0.700. The Balaban J connectivity index is 1.49. The number of hydrogen-bond donors (Lipinski definition) is 0. The molecule has 2 fully saturated rings. The van der Waals surface area contributed by atoms with Crippen molar-refractivity contribution >= 4 is 11.8 Å². The highest BCUT2D eigenvalue weighted by Gasteiger charge is 2.44. The maximum atomic E-state index is 12.4. The number of methoxy groups -OCH3 is 1. The lowest BCUT2D eigenvalue weighted by Gasteiger charge is -2.38. The summed E-state index contributed by atoms with van der Waals surface area (Å²) < 4.78 is 10.8. The number of carbonyl (C=O) groups excluding carboxylic acids is 2. The first-order valence-electron chi connectivity index (χ1n) is 9.72. The number of rotatable bonds is 7. The summed E-state index contributed by atoms with van der Waals surface area (Å²) in [6.45, 7) is 5.00. The second-order valence-electron chi connectivity index (χ2n) is 8.08. The van der Waals surface area contributed by atoms with E-state index in [0.717, 1.165) is 51.2 Å². The van der Waals surface area contributed by atoms with Crippen LogP contribution in [0.4, 0.5) is 0 Å². The first-order valence-corrected chi connectivity index (χ1v) is 9.72. The molecule has 3 rings (SSSR count). The lowest BCUT2D eigenvalue weighted by atomic mass is 9.77. The largest absolute Gasteiger partial charge is 0.455 e. The number of hydrogen-bond acceptors (Lipinski definition) is 5. The van der Waals surface area contributed by atoms with Crippen molar-refractivity contribution in [2.75, 3.05) is 54.0 Å². The van der Waals surface area contributed by atoms with E-state index < -0.39 is 0 Å². The first-order chi connectivity index (χ1) is 12.9. The van der Waals surface area contributed by atoms with Crippen LogP contribution in [0.5, 0.6) is 0 Å². The molecule has 2 amide bonds. The minimum atomic E-state index is -0.114. The van der Waals surface area contributed by atoms with Crippen LogP contribution < -0.4 is 0 Å². The molecule has 3 heterocycles. The molecular weight excluding hydrogens is 346 g/mol. The van der Waals surface area contributed by atoms with Crippen LogP contribution in [-0.2, 0) is 16.1 Å². The molecule has 1 spiro atoms. The monoisotopic (exact) mass is 377 g/mol. The molecule has 0 unspecified atom stereocenters. The molecule has 0 saturated carbocycles. The molecule has 1 aromatic rings. The zero-order valence-corrected chi connectivity index (χ0v) is 16.7. The lowest BCUT2D eigenvalue weighted by Crippen LogP contribution is -2.41. The van der Waals surface area contributed by atoms with E-state index in [1.165, 1.54) is 4.90 Å². The molecular formula is C20H31N3O4. The number of nitrogens with zero attached hydrogens (tertiary/aromatic N) is 3. The second-order valence-corrected chi connectivity index (χ2v) is 8.08. The zero-order chi connectivity index (χ0) is 19.4. The molecule has 0 bridgehead atoms. The molecule has 0 radical (unpaired) electrons.